The van der Waals surface area contributed by atoms with E-state index in [-0.39, 0.29) is 12.0 Å². The average molecular weight is 297 g/mol. The van der Waals surface area contributed by atoms with E-state index in [0.29, 0.717) is 12.5 Å². The van der Waals surface area contributed by atoms with Crippen molar-refractivity contribution < 1.29 is 13.5 Å². The number of halogens is 2. The third-order valence-electron chi connectivity index (χ3n) is 4.71. The van der Waals surface area contributed by atoms with Crippen molar-refractivity contribution >= 4 is 0 Å². The lowest BCUT2D eigenvalue weighted by molar-refractivity contribution is -0.0885. The second-order valence-electron chi connectivity index (χ2n) is 6.19. The van der Waals surface area contributed by atoms with E-state index in [1.165, 1.54) is 18.2 Å². The van der Waals surface area contributed by atoms with Gasteiger partial charge in [-0.25, -0.2) is 8.78 Å². The molecule has 1 saturated carbocycles. The second-order valence-corrected chi connectivity index (χ2v) is 6.19. The smallest absolute Gasteiger partial charge is 0.129 e. The van der Waals surface area contributed by atoms with Gasteiger partial charge in [-0.05, 0) is 57.1 Å². The molecule has 1 aliphatic rings. The Bertz CT molecular complexity index is 450. The van der Waals surface area contributed by atoms with Crippen molar-refractivity contribution in [2.75, 3.05) is 6.61 Å². The summed E-state index contributed by atoms with van der Waals surface area (Å²) in [5.74, 6) is -0.390. The molecule has 0 radical (unpaired) electrons. The minimum atomic E-state index is -0.527. The van der Waals surface area contributed by atoms with E-state index >= 15 is 0 Å². The number of hydrogen-bond donors (Lipinski definition) is 1. The van der Waals surface area contributed by atoms with Crippen LogP contribution in [0.2, 0.25) is 0 Å². The van der Waals surface area contributed by atoms with Crippen molar-refractivity contribution in [3.63, 3.8) is 0 Å². The van der Waals surface area contributed by atoms with Crippen molar-refractivity contribution in [3.8, 4) is 0 Å². The number of ether oxygens (including phenoxy) is 1. The second kappa shape index (κ2) is 6.84. The Morgan fingerprint density at radius 1 is 1.29 bits per heavy atom. The first-order chi connectivity index (χ1) is 9.98. The topological polar surface area (TPSA) is 35.2 Å². The Labute approximate surface area is 125 Å². The van der Waals surface area contributed by atoms with Crippen LogP contribution in [-0.2, 0) is 11.2 Å². The predicted molar refractivity (Wildman–Crippen MR) is 80.0 cm³/mol. The molecule has 1 aromatic rings. The van der Waals surface area contributed by atoms with Gasteiger partial charge in [0.25, 0.3) is 0 Å². The normalized spacial score (nSPS) is 27.6. The van der Waals surface area contributed by atoms with Crippen molar-refractivity contribution in [1.29, 1.82) is 0 Å². The fourth-order valence-corrected chi connectivity index (χ4v) is 3.29. The van der Waals surface area contributed by atoms with E-state index in [9.17, 15) is 8.78 Å². The van der Waals surface area contributed by atoms with Crippen molar-refractivity contribution in [2.45, 2.75) is 57.6 Å². The number of nitrogens with two attached hydrogens (primary N) is 1. The largest absolute Gasteiger partial charge is 0.374 e. The van der Waals surface area contributed by atoms with Gasteiger partial charge < -0.3 is 10.5 Å². The van der Waals surface area contributed by atoms with Crippen LogP contribution in [0.3, 0.4) is 0 Å². The molecule has 2 N–H and O–H groups in total. The molecule has 2 rings (SSSR count). The van der Waals surface area contributed by atoms with Crippen molar-refractivity contribution in [2.24, 2.45) is 11.7 Å². The van der Waals surface area contributed by atoms with Gasteiger partial charge in [0.05, 0.1) is 5.60 Å². The summed E-state index contributed by atoms with van der Waals surface area (Å²) in [4.78, 5) is 0. The first-order valence-electron chi connectivity index (χ1n) is 7.81. The van der Waals surface area contributed by atoms with E-state index in [0.717, 1.165) is 25.7 Å². The van der Waals surface area contributed by atoms with E-state index in [2.05, 4.69) is 6.92 Å². The van der Waals surface area contributed by atoms with Crippen LogP contribution in [0, 0.1) is 17.6 Å². The van der Waals surface area contributed by atoms with Gasteiger partial charge in [-0.15, -0.1) is 0 Å². The van der Waals surface area contributed by atoms with Gasteiger partial charge >= 0.3 is 0 Å². The van der Waals surface area contributed by atoms with Gasteiger partial charge in [-0.3, -0.25) is 0 Å². The summed E-state index contributed by atoms with van der Waals surface area (Å²) in [6.07, 6.45) is 3.99. The molecule has 0 saturated heterocycles. The zero-order chi connectivity index (χ0) is 15.5. The van der Waals surface area contributed by atoms with Crippen molar-refractivity contribution in [1.82, 2.24) is 0 Å². The van der Waals surface area contributed by atoms with Crippen LogP contribution < -0.4 is 5.73 Å². The molecule has 0 amide bonds. The summed E-state index contributed by atoms with van der Waals surface area (Å²) in [7, 11) is 0. The Hall–Kier alpha value is -1.00. The Morgan fingerprint density at radius 2 is 1.86 bits per heavy atom. The maximum Gasteiger partial charge on any atom is 0.129 e. The summed E-state index contributed by atoms with van der Waals surface area (Å²) in [6.45, 7) is 4.73. The van der Waals surface area contributed by atoms with Gasteiger partial charge in [0.2, 0.25) is 0 Å². The highest BCUT2D eigenvalue weighted by Crippen LogP contribution is 2.37. The monoisotopic (exact) mass is 297 g/mol. The molecular weight excluding hydrogens is 272 g/mol. The number of rotatable bonds is 5. The highest BCUT2D eigenvalue weighted by atomic mass is 19.1. The average Bonchev–Trinajstić information content (AvgIpc) is 2.46. The van der Waals surface area contributed by atoms with Crippen LogP contribution >= 0.6 is 0 Å². The van der Waals surface area contributed by atoms with Gasteiger partial charge in [-0.1, -0.05) is 13.0 Å². The lowest BCUT2D eigenvalue weighted by Crippen LogP contribution is -2.53. The first kappa shape index (κ1) is 16.4. The molecular formula is C17H25F2NO. The van der Waals surface area contributed by atoms with E-state index in [4.69, 9.17) is 10.5 Å². The standard InChI is InChI=1S/C17H25F2NO/c1-3-21-17(9-7-12(2)8-10-17)16(20)11-13-14(18)5-4-6-15(13)19/h4-6,12,16H,3,7-11,20H2,1-2H3. The quantitative estimate of drug-likeness (QED) is 0.896. The summed E-state index contributed by atoms with van der Waals surface area (Å²) in [5.41, 5.74) is 5.95. The predicted octanol–water partition coefficient (Wildman–Crippen LogP) is 3.82. The minimum absolute atomic E-state index is 0.0719. The first-order valence-corrected chi connectivity index (χ1v) is 7.81. The summed E-state index contributed by atoms with van der Waals surface area (Å²) < 4.78 is 33.6. The maximum absolute atomic E-state index is 13.8. The summed E-state index contributed by atoms with van der Waals surface area (Å²) in [6, 6.07) is 3.54. The fourth-order valence-electron chi connectivity index (χ4n) is 3.29. The number of benzene rings is 1. The molecule has 4 heteroatoms. The van der Waals surface area contributed by atoms with Crippen LogP contribution in [-0.4, -0.2) is 18.2 Å². The molecule has 1 fully saturated rings. The number of hydrogen-bond acceptors (Lipinski definition) is 2. The van der Waals surface area contributed by atoms with Crippen molar-refractivity contribution in [3.05, 3.63) is 35.4 Å². The molecule has 1 aliphatic carbocycles. The van der Waals surface area contributed by atoms with Gasteiger partial charge in [0.1, 0.15) is 11.6 Å². The molecule has 0 spiro atoms. The SMILES string of the molecule is CCOC1(C(N)Cc2c(F)cccc2F)CCC(C)CC1. The summed E-state index contributed by atoms with van der Waals surface area (Å²) >= 11 is 0. The van der Waals surface area contributed by atoms with Gasteiger partial charge in [0, 0.05) is 18.2 Å². The van der Waals surface area contributed by atoms with Crippen LogP contribution in [0.25, 0.3) is 0 Å². The van der Waals surface area contributed by atoms with Gasteiger partial charge in [0.15, 0.2) is 0 Å². The molecule has 0 bridgehead atoms. The van der Waals surface area contributed by atoms with E-state index in [1.807, 2.05) is 6.92 Å². The van der Waals surface area contributed by atoms with Gasteiger partial charge in [-0.2, -0.15) is 0 Å². The molecule has 1 aromatic carbocycles. The Morgan fingerprint density at radius 3 is 2.38 bits per heavy atom. The zero-order valence-electron chi connectivity index (χ0n) is 12.9. The molecule has 118 valence electrons. The molecule has 0 aliphatic heterocycles. The van der Waals surface area contributed by atoms with Crippen LogP contribution in [0.15, 0.2) is 18.2 Å². The molecule has 0 heterocycles. The summed E-state index contributed by atoms with van der Waals surface area (Å²) in [5, 5.41) is 0. The van der Waals surface area contributed by atoms with E-state index < -0.39 is 23.3 Å². The Balaban J connectivity index is 2.17. The lowest BCUT2D eigenvalue weighted by atomic mass is 9.74. The minimum Gasteiger partial charge on any atom is -0.374 e. The molecule has 2 nitrogen and oxygen atoms in total. The lowest BCUT2D eigenvalue weighted by Gasteiger charge is -2.43. The van der Waals surface area contributed by atoms with Crippen LogP contribution in [0.1, 0.15) is 45.1 Å². The molecule has 1 atom stereocenters. The fraction of sp³-hybridized carbons (Fsp3) is 0.647. The molecule has 21 heavy (non-hydrogen) atoms. The molecule has 0 aromatic heterocycles. The van der Waals surface area contributed by atoms with Crippen LogP contribution in [0.4, 0.5) is 8.78 Å². The highest BCUT2D eigenvalue weighted by molar-refractivity contribution is 5.21. The van der Waals surface area contributed by atoms with Crippen LogP contribution in [0.5, 0.6) is 0 Å². The Kier molecular flexibility index (Phi) is 5.33. The zero-order valence-corrected chi connectivity index (χ0v) is 12.9. The highest BCUT2D eigenvalue weighted by Gasteiger charge is 2.40. The third-order valence-corrected chi connectivity index (χ3v) is 4.71. The third kappa shape index (κ3) is 3.61. The molecule has 1 unspecified atom stereocenters. The van der Waals surface area contributed by atoms with E-state index in [1.54, 1.807) is 0 Å². The maximum atomic E-state index is 13.8.